The van der Waals surface area contributed by atoms with Crippen LogP contribution in [-0.4, -0.2) is 80.7 Å². The Labute approximate surface area is 146 Å². The van der Waals surface area contributed by atoms with Gasteiger partial charge < -0.3 is 14.5 Å². The maximum Gasteiger partial charge on any atom is 0.244 e. The van der Waals surface area contributed by atoms with Gasteiger partial charge in [0.25, 0.3) is 0 Å². The molecule has 0 aromatic carbocycles. The number of rotatable bonds is 4. The zero-order valence-electron chi connectivity index (χ0n) is 14.3. The lowest BCUT2D eigenvalue weighted by atomic mass is 9.77. The molecule has 3 saturated heterocycles. The summed E-state index contributed by atoms with van der Waals surface area (Å²) in [6.45, 7) is 3.91. The van der Waals surface area contributed by atoms with Crippen molar-refractivity contribution in [3.05, 3.63) is 6.33 Å². The quantitative estimate of drug-likeness (QED) is 0.741. The van der Waals surface area contributed by atoms with Crippen molar-refractivity contribution >= 4 is 11.8 Å². The number of ether oxygens (including phenoxy) is 1. The van der Waals surface area contributed by atoms with Crippen molar-refractivity contribution in [3.63, 3.8) is 0 Å². The van der Waals surface area contributed by atoms with Crippen molar-refractivity contribution in [3.8, 4) is 0 Å². The molecular formula is C16H24N6O3. The number of piperidine rings is 1. The summed E-state index contributed by atoms with van der Waals surface area (Å²) < 4.78 is 7.11. The number of carbonyl (C=O) groups is 2. The van der Waals surface area contributed by atoms with Crippen LogP contribution in [0, 0.1) is 5.41 Å². The second-order valence-electron chi connectivity index (χ2n) is 7.47. The summed E-state index contributed by atoms with van der Waals surface area (Å²) in [4.78, 5) is 28.6. The van der Waals surface area contributed by atoms with Crippen molar-refractivity contribution in [2.45, 2.75) is 44.8 Å². The Morgan fingerprint density at radius 2 is 2.20 bits per heavy atom. The predicted molar refractivity (Wildman–Crippen MR) is 86.2 cm³/mol. The Kier molecular flexibility index (Phi) is 4.41. The standard InChI is InChI=1S/C16H24N6O3/c23-14-8-16(11-21(14)9-13-2-1-7-25-13)3-5-20(6-4-16)15(24)10-22-12-17-18-19-22/h12-13H,1-11H2/t13-/m0/s1. The van der Waals surface area contributed by atoms with E-state index >= 15 is 0 Å². The minimum atomic E-state index is 0.0290. The van der Waals surface area contributed by atoms with E-state index in [4.69, 9.17) is 4.74 Å². The summed E-state index contributed by atoms with van der Waals surface area (Å²) in [5, 5.41) is 10.8. The highest BCUT2D eigenvalue weighted by molar-refractivity contribution is 5.80. The van der Waals surface area contributed by atoms with Crippen LogP contribution in [0.25, 0.3) is 0 Å². The van der Waals surface area contributed by atoms with Gasteiger partial charge in [0.05, 0.1) is 6.10 Å². The Morgan fingerprint density at radius 1 is 1.36 bits per heavy atom. The van der Waals surface area contributed by atoms with E-state index in [9.17, 15) is 9.59 Å². The smallest absolute Gasteiger partial charge is 0.244 e. The predicted octanol–water partition coefficient (Wildman–Crippen LogP) is -0.307. The van der Waals surface area contributed by atoms with Crippen LogP contribution < -0.4 is 0 Å². The summed E-state index contributed by atoms with van der Waals surface area (Å²) in [6, 6.07) is 0. The second-order valence-corrected chi connectivity index (χ2v) is 7.47. The lowest BCUT2D eigenvalue weighted by molar-refractivity contribution is -0.134. The lowest BCUT2D eigenvalue weighted by Gasteiger charge is -2.38. The Hall–Kier alpha value is -2.03. The molecule has 3 aliphatic rings. The summed E-state index contributed by atoms with van der Waals surface area (Å²) in [7, 11) is 0. The van der Waals surface area contributed by atoms with Gasteiger partial charge in [0.1, 0.15) is 12.9 Å². The van der Waals surface area contributed by atoms with Crippen LogP contribution in [0.15, 0.2) is 6.33 Å². The van der Waals surface area contributed by atoms with Gasteiger partial charge in [0.2, 0.25) is 11.8 Å². The molecule has 0 unspecified atom stereocenters. The number of carbonyl (C=O) groups excluding carboxylic acids is 2. The molecule has 1 aromatic rings. The largest absolute Gasteiger partial charge is 0.376 e. The van der Waals surface area contributed by atoms with E-state index < -0.39 is 0 Å². The van der Waals surface area contributed by atoms with E-state index in [-0.39, 0.29) is 29.9 Å². The maximum absolute atomic E-state index is 12.4. The number of amides is 2. The van der Waals surface area contributed by atoms with Gasteiger partial charge in [0.15, 0.2) is 0 Å². The van der Waals surface area contributed by atoms with Crippen molar-refractivity contribution in [2.24, 2.45) is 5.41 Å². The summed E-state index contributed by atoms with van der Waals surface area (Å²) in [5.74, 6) is 0.270. The minimum Gasteiger partial charge on any atom is -0.376 e. The van der Waals surface area contributed by atoms with Crippen LogP contribution in [0.2, 0.25) is 0 Å². The van der Waals surface area contributed by atoms with Crippen molar-refractivity contribution in [1.82, 2.24) is 30.0 Å². The molecular weight excluding hydrogens is 324 g/mol. The van der Waals surface area contributed by atoms with E-state index in [1.165, 1.54) is 11.0 Å². The highest BCUT2D eigenvalue weighted by Gasteiger charge is 2.45. The third-order valence-electron chi connectivity index (χ3n) is 5.72. The van der Waals surface area contributed by atoms with E-state index in [1.807, 2.05) is 9.80 Å². The molecule has 3 fully saturated rings. The molecule has 9 nitrogen and oxygen atoms in total. The van der Waals surface area contributed by atoms with E-state index in [1.54, 1.807) is 0 Å². The molecule has 1 atom stereocenters. The van der Waals surface area contributed by atoms with Crippen LogP contribution in [0.5, 0.6) is 0 Å². The number of nitrogens with zero attached hydrogens (tertiary/aromatic N) is 6. The van der Waals surface area contributed by atoms with Gasteiger partial charge in [-0.2, -0.15) is 0 Å². The van der Waals surface area contributed by atoms with Gasteiger partial charge in [-0.1, -0.05) is 0 Å². The monoisotopic (exact) mass is 348 g/mol. The molecule has 25 heavy (non-hydrogen) atoms. The average molecular weight is 348 g/mol. The Bertz CT molecular complexity index is 620. The second kappa shape index (κ2) is 6.70. The van der Waals surface area contributed by atoms with Gasteiger partial charge in [0, 0.05) is 44.6 Å². The first-order chi connectivity index (χ1) is 12.1. The lowest BCUT2D eigenvalue weighted by Crippen LogP contribution is -2.45. The fraction of sp³-hybridized carbons (Fsp3) is 0.812. The molecule has 9 heteroatoms. The first kappa shape index (κ1) is 16.4. The first-order valence-corrected chi connectivity index (χ1v) is 9.02. The van der Waals surface area contributed by atoms with Gasteiger partial charge >= 0.3 is 0 Å². The number of hydrogen-bond donors (Lipinski definition) is 0. The molecule has 0 aliphatic carbocycles. The molecule has 1 spiro atoms. The van der Waals surface area contributed by atoms with Gasteiger partial charge in [-0.25, -0.2) is 4.68 Å². The summed E-state index contributed by atoms with van der Waals surface area (Å²) >= 11 is 0. The normalized spacial score (nSPS) is 25.9. The average Bonchev–Trinajstić information content (AvgIpc) is 3.33. The van der Waals surface area contributed by atoms with Gasteiger partial charge in [-0.3, -0.25) is 9.59 Å². The van der Waals surface area contributed by atoms with Crippen LogP contribution in [-0.2, 0) is 20.9 Å². The minimum absolute atomic E-state index is 0.0290. The summed E-state index contributed by atoms with van der Waals surface area (Å²) in [6.07, 6.45) is 6.16. The van der Waals surface area contributed by atoms with Crippen molar-refractivity contribution in [2.75, 3.05) is 32.8 Å². The van der Waals surface area contributed by atoms with Crippen molar-refractivity contribution < 1.29 is 14.3 Å². The Balaban J connectivity index is 1.30. The SMILES string of the molecule is O=C(Cn1cnnn1)N1CCC2(CC1)CC(=O)N(C[C@@H]1CCCO1)C2. The zero-order chi connectivity index (χ0) is 17.3. The summed E-state index contributed by atoms with van der Waals surface area (Å²) in [5.41, 5.74) is 0.0290. The van der Waals surface area contributed by atoms with Crippen LogP contribution in [0.3, 0.4) is 0 Å². The molecule has 0 N–H and O–H groups in total. The fourth-order valence-corrected chi connectivity index (χ4v) is 4.24. The van der Waals surface area contributed by atoms with E-state index in [2.05, 4.69) is 15.5 Å². The first-order valence-electron chi connectivity index (χ1n) is 9.02. The van der Waals surface area contributed by atoms with E-state index in [0.717, 1.165) is 45.4 Å². The molecule has 3 aliphatic heterocycles. The van der Waals surface area contributed by atoms with Gasteiger partial charge in [-0.05, 0) is 36.1 Å². The molecule has 0 bridgehead atoms. The fourth-order valence-electron chi connectivity index (χ4n) is 4.24. The number of tetrazole rings is 1. The van der Waals surface area contributed by atoms with Gasteiger partial charge in [-0.15, -0.1) is 5.10 Å². The molecule has 2 amide bonds. The maximum atomic E-state index is 12.4. The molecule has 136 valence electrons. The van der Waals surface area contributed by atoms with Crippen LogP contribution in [0.4, 0.5) is 0 Å². The molecule has 0 radical (unpaired) electrons. The van der Waals surface area contributed by atoms with E-state index in [0.29, 0.717) is 19.5 Å². The Morgan fingerprint density at radius 3 is 2.88 bits per heavy atom. The van der Waals surface area contributed by atoms with Crippen LogP contribution in [0.1, 0.15) is 32.1 Å². The topological polar surface area (TPSA) is 93.5 Å². The third kappa shape index (κ3) is 3.51. The van der Waals surface area contributed by atoms with Crippen molar-refractivity contribution in [1.29, 1.82) is 0 Å². The molecule has 0 saturated carbocycles. The number of aromatic nitrogens is 4. The molecule has 4 heterocycles. The number of hydrogen-bond acceptors (Lipinski definition) is 6. The molecule has 1 aromatic heterocycles. The van der Waals surface area contributed by atoms with Crippen LogP contribution >= 0.6 is 0 Å². The highest BCUT2D eigenvalue weighted by atomic mass is 16.5. The third-order valence-corrected chi connectivity index (χ3v) is 5.72. The highest BCUT2D eigenvalue weighted by Crippen LogP contribution is 2.41. The molecule has 4 rings (SSSR count). The number of likely N-dealkylation sites (tertiary alicyclic amines) is 2. The zero-order valence-corrected chi connectivity index (χ0v) is 14.3.